The van der Waals surface area contributed by atoms with E-state index in [1.54, 1.807) is 0 Å². The first-order valence-corrected chi connectivity index (χ1v) is 14.9. The van der Waals surface area contributed by atoms with Crippen molar-refractivity contribution in [3.05, 3.63) is 35.3 Å². The summed E-state index contributed by atoms with van der Waals surface area (Å²) in [5.74, 6) is 0. The molecule has 0 radical (unpaired) electrons. The van der Waals surface area contributed by atoms with Crippen LogP contribution in [0, 0.1) is 0 Å². The minimum atomic E-state index is -1.39. The van der Waals surface area contributed by atoms with Crippen LogP contribution in [0.4, 0.5) is 0 Å². The molecule has 0 aromatic rings. The second-order valence-electron chi connectivity index (χ2n) is 8.33. The van der Waals surface area contributed by atoms with Crippen molar-refractivity contribution < 1.29 is 19.5 Å². The summed E-state index contributed by atoms with van der Waals surface area (Å²) in [5.41, 5.74) is 1.73. The molecular formula is C30H62BNO4. The molecule has 0 saturated carbocycles. The molecule has 6 heteroatoms. The number of allylic oxidation sites excluding steroid dienone is 4. The Bertz CT molecular complexity index is 507. The third kappa shape index (κ3) is 26.2. The lowest BCUT2D eigenvalue weighted by Crippen LogP contribution is -2.30. The second-order valence-corrected chi connectivity index (χ2v) is 8.33. The summed E-state index contributed by atoms with van der Waals surface area (Å²) < 4.78 is 11.0. The predicted octanol–water partition coefficient (Wildman–Crippen LogP) is 7.39. The minimum Gasteiger partial charge on any atom is -0.423 e. The normalized spacial score (nSPS) is 12.2. The molecule has 0 aromatic carbocycles. The lowest BCUT2D eigenvalue weighted by Gasteiger charge is -2.24. The highest BCUT2D eigenvalue weighted by atomic mass is 16.5. The van der Waals surface area contributed by atoms with Crippen molar-refractivity contribution in [3.8, 4) is 0 Å². The summed E-state index contributed by atoms with van der Waals surface area (Å²) in [6, 6.07) is 0. The number of hydrogen-bond acceptors (Lipinski definition) is 5. The van der Waals surface area contributed by atoms with Crippen molar-refractivity contribution >= 4 is 7.12 Å². The van der Waals surface area contributed by atoms with Gasteiger partial charge < -0.3 is 19.5 Å². The van der Waals surface area contributed by atoms with Gasteiger partial charge in [0.2, 0.25) is 0 Å². The van der Waals surface area contributed by atoms with E-state index in [0.717, 1.165) is 44.8 Å². The number of unbranched alkanes of at least 4 members (excludes halogenated alkanes) is 5. The average Bonchev–Trinajstić information content (AvgIpc) is 3.14. The van der Waals surface area contributed by atoms with Crippen LogP contribution in [0.1, 0.15) is 113 Å². The van der Waals surface area contributed by atoms with Gasteiger partial charge in [-0.3, -0.25) is 4.90 Å². The molecule has 0 spiro atoms. The van der Waals surface area contributed by atoms with Crippen LogP contribution in [0.2, 0.25) is 0 Å². The van der Waals surface area contributed by atoms with Gasteiger partial charge in [0.05, 0.1) is 13.2 Å². The van der Waals surface area contributed by atoms with Gasteiger partial charge in [0.25, 0.3) is 0 Å². The lowest BCUT2D eigenvalue weighted by molar-refractivity contribution is 0.0491. The lowest BCUT2D eigenvalue weighted by atomic mass is 9.74. The maximum atomic E-state index is 9.78. The zero-order valence-electron chi connectivity index (χ0n) is 25.4. The molecule has 0 unspecified atom stereocenters. The quantitative estimate of drug-likeness (QED) is 0.148. The summed E-state index contributed by atoms with van der Waals surface area (Å²) in [6.07, 6.45) is 18.4. The summed E-state index contributed by atoms with van der Waals surface area (Å²) in [4.78, 5) is 2.43. The van der Waals surface area contributed by atoms with Crippen LogP contribution in [0.5, 0.6) is 0 Å². The number of hydrogen-bond donors (Lipinski definition) is 2. The topological polar surface area (TPSA) is 62.2 Å². The van der Waals surface area contributed by atoms with Gasteiger partial charge in [0, 0.05) is 26.3 Å². The highest BCUT2D eigenvalue weighted by Crippen LogP contribution is 2.18. The average molecular weight is 512 g/mol. The van der Waals surface area contributed by atoms with Crippen molar-refractivity contribution in [3.63, 3.8) is 0 Å². The van der Waals surface area contributed by atoms with Gasteiger partial charge >= 0.3 is 7.12 Å². The second kappa shape index (κ2) is 34.1. The molecule has 1 aliphatic rings. The Labute approximate surface area is 226 Å². The summed E-state index contributed by atoms with van der Waals surface area (Å²) in [6.45, 7) is 22.0. The van der Waals surface area contributed by atoms with Crippen LogP contribution in [-0.4, -0.2) is 68.1 Å². The number of ether oxygens (including phenoxy) is 2. The molecule has 0 aliphatic heterocycles. The third-order valence-electron chi connectivity index (χ3n) is 5.17. The van der Waals surface area contributed by atoms with Crippen LogP contribution in [0.25, 0.3) is 0 Å². The molecule has 0 bridgehead atoms. The zero-order chi connectivity index (χ0) is 27.9. The van der Waals surface area contributed by atoms with Gasteiger partial charge in [-0.15, -0.1) is 0 Å². The van der Waals surface area contributed by atoms with E-state index in [1.165, 1.54) is 44.9 Å². The van der Waals surface area contributed by atoms with Gasteiger partial charge in [-0.2, -0.15) is 0 Å². The maximum Gasteiger partial charge on any atom is 0.484 e. The predicted molar refractivity (Wildman–Crippen MR) is 161 cm³/mol. The van der Waals surface area contributed by atoms with E-state index in [0.29, 0.717) is 25.1 Å². The molecule has 0 aromatic heterocycles. The molecule has 0 heterocycles. The van der Waals surface area contributed by atoms with Crippen molar-refractivity contribution in [2.45, 2.75) is 113 Å². The van der Waals surface area contributed by atoms with Crippen LogP contribution >= 0.6 is 0 Å². The molecule has 2 N–H and O–H groups in total. The Morgan fingerprint density at radius 3 is 1.97 bits per heavy atom. The molecule has 36 heavy (non-hydrogen) atoms. The first kappa shape index (κ1) is 39.6. The minimum absolute atomic E-state index is 0.589. The monoisotopic (exact) mass is 511 g/mol. The Kier molecular flexibility index (Phi) is 37.5. The van der Waals surface area contributed by atoms with Gasteiger partial charge in [-0.25, -0.2) is 0 Å². The first-order valence-electron chi connectivity index (χ1n) is 14.9. The van der Waals surface area contributed by atoms with Gasteiger partial charge in [-0.1, -0.05) is 111 Å². The molecule has 5 nitrogen and oxygen atoms in total. The Morgan fingerprint density at radius 2 is 1.36 bits per heavy atom. The van der Waals surface area contributed by atoms with Crippen molar-refractivity contribution in [2.24, 2.45) is 0 Å². The number of rotatable bonds is 18. The Morgan fingerprint density at radius 1 is 0.778 bits per heavy atom. The fourth-order valence-corrected chi connectivity index (χ4v) is 3.49. The van der Waals surface area contributed by atoms with Gasteiger partial charge in [0.1, 0.15) is 0 Å². The first-order chi connectivity index (χ1) is 17.6. The molecule has 0 saturated heterocycles. The zero-order valence-corrected chi connectivity index (χ0v) is 25.4. The maximum absolute atomic E-state index is 9.78. The highest BCUT2D eigenvalue weighted by molar-refractivity contribution is 6.51. The van der Waals surface area contributed by atoms with E-state index in [9.17, 15) is 10.0 Å². The van der Waals surface area contributed by atoms with Gasteiger partial charge in [-0.05, 0) is 43.8 Å². The molecule has 0 fully saturated rings. The van der Waals surface area contributed by atoms with Crippen molar-refractivity contribution in [1.82, 2.24) is 4.90 Å². The smallest absolute Gasteiger partial charge is 0.423 e. The van der Waals surface area contributed by atoms with Crippen LogP contribution in [-0.2, 0) is 9.47 Å². The van der Waals surface area contributed by atoms with E-state index < -0.39 is 7.12 Å². The van der Waals surface area contributed by atoms with Crippen LogP contribution in [0.3, 0.4) is 0 Å². The molecule has 1 aliphatic carbocycles. The van der Waals surface area contributed by atoms with Crippen LogP contribution in [0.15, 0.2) is 35.3 Å². The highest BCUT2D eigenvalue weighted by Gasteiger charge is 2.19. The van der Waals surface area contributed by atoms with E-state index in [-0.39, 0.29) is 0 Å². The molecule has 0 amide bonds. The van der Waals surface area contributed by atoms with E-state index >= 15 is 0 Å². The standard InChI is InChI=1S/C23H42BNO4.C3H8.2C2H6/c1-3-5-6-7-8-12-16-25(17-13-18-29-20-19-28-4-2)21-22-14-10-9-11-15-23(22)24(26)27;1-3-2;2*1-2/h9-11,14,26-27H,3-8,12-13,15-21H2,1-2H3;3H2,1-2H3;2*1-2H3. The third-order valence-corrected chi connectivity index (χ3v) is 5.17. The molecule has 214 valence electrons. The largest absolute Gasteiger partial charge is 0.484 e. The van der Waals surface area contributed by atoms with Crippen molar-refractivity contribution in [2.75, 3.05) is 46.1 Å². The van der Waals surface area contributed by atoms with E-state index in [4.69, 9.17) is 9.47 Å². The van der Waals surface area contributed by atoms with E-state index in [1.807, 2.05) is 58.9 Å². The Balaban J connectivity index is -0.00000141. The van der Waals surface area contributed by atoms with Crippen LogP contribution < -0.4 is 0 Å². The number of nitrogens with zero attached hydrogens (tertiary/aromatic N) is 1. The van der Waals surface area contributed by atoms with E-state index in [2.05, 4.69) is 25.7 Å². The fourth-order valence-electron chi connectivity index (χ4n) is 3.49. The summed E-state index contributed by atoms with van der Waals surface area (Å²) in [7, 11) is -1.39. The van der Waals surface area contributed by atoms with Crippen molar-refractivity contribution in [1.29, 1.82) is 0 Å². The molecular weight excluding hydrogens is 449 g/mol. The summed E-state index contributed by atoms with van der Waals surface area (Å²) in [5, 5.41) is 19.6. The summed E-state index contributed by atoms with van der Waals surface area (Å²) >= 11 is 0. The molecule has 0 atom stereocenters. The SMILES string of the molecule is CC.CC.CCC.CCCCCCCCN(CCCOCCOCC)CC1=C(B(O)O)CC=CC=C1. The fraction of sp³-hybridized carbons (Fsp3) is 0.800. The van der Waals surface area contributed by atoms with Gasteiger partial charge in [0.15, 0.2) is 0 Å². The Hall–Kier alpha value is -0.915. The molecule has 1 rings (SSSR count).